The molecule has 2 saturated heterocycles. The van der Waals surface area contributed by atoms with Crippen LogP contribution in [0.1, 0.15) is 5.56 Å². The predicted molar refractivity (Wildman–Crippen MR) is 104 cm³/mol. The normalized spacial score (nSPS) is 23.6. The lowest BCUT2D eigenvalue weighted by Crippen LogP contribution is -2.38. The Hall–Kier alpha value is -1.97. The van der Waals surface area contributed by atoms with Gasteiger partial charge in [-0.2, -0.15) is 13.2 Å². The van der Waals surface area contributed by atoms with Crippen LogP contribution >= 0.6 is 23.2 Å². The van der Waals surface area contributed by atoms with Crippen LogP contribution in [0.4, 0.5) is 29.3 Å². The number of anilines is 2. The van der Waals surface area contributed by atoms with Crippen LogP contribution < -0.4 is 9.80 Å². The molecule has 2 aliphatic rings. The van der Waals surface area contributed by atoms with Gasteiger partial charge in [0.15, 0.2) is 9.84 Å². The molecule has 0 spiro atoms. The smallest absolute Gasteiger partial charge is 0.288 e. The van der Waals surface area contributed by atoms with Crippen molar-refractivity contribution in [3.63, 3.8) is 0 Å². The maximum atomic E-state index is 13.2. The lowest BCUT2D eigenvalue weighted by molar-refractivity contribution is -0.137. The average Bonchev–Trinajstić information content (AvgIpc) is 3.05. The van der Waals surface area contributed by atoms with Crippen LogP contribution in [-0.4, -0.2) is 38.0 Å². The summed E-state index contributed by atoms with van der Waals surface area (Å²) in [5.74, 6) is -0.628. The van der Waals surface area contributed by atoms with Crippen LogP contribution in [0, 0.1) is 0 Å². The lowest BCUT2D eigenvalue weighted by Gasteiger charge is -2.23. The van der Waals surface area contributed by atoms with Crippen LogP contribution in [0.3, 0.4) is 0 Å². The molecule has 0 bridgehead atoms. The quantitative estimate of drug-likeness (QED) is 0.609. The Kier molecular flexibility index (Phi) is 4.75. The van der Waals surface area contributed by atoms with Crippen molar-refractivity contribution in [1.29, 1.82) is 0 Å². The zero-order valence-electron chi connectivity index (χ0n) is 14.5. The number of sulfone groups is 1. The highest BCUT2D eigenvalue weighted by Crippen LogP contribution is 2.40. The van der Waals surface area contributed by atoms with Crippen LogP contribution in [0.25, 0.3) is 0 Å². The van der Waals surface area contributed by atoms with E-state index >= 15 is 0 Å². The molecule has 154 valence electrons. The monoisotopic (exact) mass is 464 g/mol. The molecule has 0 aliphatic carbocycles. The minimum Gasteiger partial charge on any atom is -0.288 e. The second-order valence-electron chi connectivity index (χ2n) is 6.88. The summed E-state index contributed by atoms with van der Waals surface area (Å²) in [5.41, 5.74) is -0.612. The van der Waals surface area contributed by atoms with Crippen molar-refractivity contribution in [2.75, 3.05) is 21.3 Å². The van der Waals surface area contributed by atoms with E-state index in [4.69, 9.17) is 23.2 Å². The summed E-state index contributed by atoms with van der Waals surface area (Å²) in [4.78, 5) is 15.6. The summed E-state index contributed by atoms with van der Waals surface area (Å²) in [6.07, 6.45) is -4.59. The number of amides is 2. The van der Waals surface area contributed by atoms with Gasteiger partial charge in [-0.05, 0) is 36.4 Å². The van der Waals surface area contributed by atoms with Gasteiger partial charge in [-0.25, -0.2) is 13.2 Å². The molecular weight excluding hydrogens is 452 g/mol. The standard InChI is InChI=1S/C18H13Cl2F3N2O3S/c19-13-5-4-12(7-14(13)20)25-16-9-29(27,28)8-15(16)24(17(25)26)11-3-1-2-10(6-11)18(21,22)23/h1-7,15-16H,8-9H2/t15-,16+/m1/s1. The molecule has 0 unspecified atom stereocenters. The number of rotatable bonds is 2. The molecule has 4 rings (SSSR count). The SMILES string of the molecule is O=C1N(c2cccc(C(F)(F)F)c2)[C@@H]2CS(=O)(=O)C[C@@H]2N1c1ccc(Cl)c(Cl)c1. The molecule has 11 heteroatoms. The highest BCUT2D eigenvalue weighted by Gasteiger charge is 2.54. The number of fused-ring (bicyclic) bond motifs is 1. The van der Waals surface area contributed by atoms with Crippen LogP contribution in [0.2, 0.25) is 10.0 Å². The summed E-state index contributed by atoms with van der Waals surface area (Å²) < 4.78 is 63.9. The zero-order valence-corrected chi connectivity index (χ0v) is 16.9. The molecule has 2 aromatic carbocycles. The number of carbonyl (C=O) groups is 1. The molecule has 5 nitrogen and oxygen atoms in total. The maximum Gasteiger partial charge on any atom is 0.416 e. The molecule has 2 aliphatic heterocycles. The first-order valence-electron chi connectivity index (χ1n) is 8.43. The molecule has 0 saturated carbocycles. The molecule has 0 aromatic heterocycles. The zero-order chi connectivity index (χ0) is 21.1. The van der Waals surface area contributed by atoms with E-state index < -0.39 is 39.7 Å². The largest absolute Gasteiger partial charge is 0.416 e. The van der Waals surface area contributed by atoms with E-state index in [1.54, 1.807) is 0 Å². The lowest BCUT2D eigenvalue weighted by atomic mass is 10.1. The van der Waals surface area contributed by atoms with Gasteiger partial charge in [0.1, 0.15) is 0 Å². The Labute approximate surface area is 174 Å². The van der Waals surface area contributed by atoms with Crippen molar-refractivity contribution in [3.05, 3.63) is 58.1 Å². The third-order valence-corrected chi connectivity index (χ3v) is 7.44. The second kappa shape index (κ2) is 6.78. The van der Waals surface area contributed by atoms with Crippen molar-refractivity contribution < 1.29 is 26.4 Å². The van der Waals surface area contributed by atoms with Gasteiger partial charge in [-0.15, -0.1) is 0 Å². The molecule has 0 radical (unpaired) electrons. The van der Waals surface area contributed by atoms with Crippen LogP contribution in [0.15, 0.2) is 42.5 Å². The topological polar surface area (TPSA) is 57.7 Å². The van der Waals surface area contributed by atoms with E-state index in [0.717, 1.165) is 17.0 Å². The Bertz CT molecular complexity index is 1110. The fourth-order valence-corrected chi connectivity index (χ4v) is 5.99. The van der Waals surface area contributed by atoms with E-state index in [1.807, 2.05) is 0 Å². The summed E-state index contributed by atoms with van der Waals surface area (Å²) in [7, 11) is -3.48. The van der Waals surface area contributed by atoms with Crippen molar-refractivity contribution in [3.8, 4) is 0 Å². The number of alkyl halides is 3. The van der Waals surface area contributed by atoms with E-state index in [2.05, 4.69) is 0 Å². The highest BCUT2D eigenvalue weighted by atomic mass is 35.5. The minimum atomic E-state index is -4.59. The van der Waals surface area contributed by atoms with E-state index in [0.29, 0.717) is 5.69 Å². The number of carbonyl (C=O) groups excluding carboxylic acids is 1. The van der Waals surface area contributed by atoms with Gasteiger partial charge in [-0.3, -0.25) is 9.80 Å². The third-order valence-electron chi connectivity index (χ3n) is 5.00. The molecular formula is C18H13Cl2F3N2O3S. The van der Waals surface area contributed by atoms with E-state index in [1.165, 1.54) is 35.2 Å². The van der Waals surface area contributed by atoms with Gasteiger partial charge in [0.2, 0.25) is 0 Å². The van der Waals surface area contributed by atoms with Gasteiger partial charge >= 0.3 is 12.2 Å². The minimum absolute atomic E-state index is 0.0144. The number of hydrogen-bond donors (Lipinski definition) is 0. The van der Waals surface area contributed by atoms with Crippen molar-refractivity contribution in [2.45, 2.75) is 18.3 Å². The van der Waals surface area contributed by atoms with Gasteiger partial charge in [-0.1, -0.05) is 29.3 Å². The van der Waals surface area contributed by atoms with Crippen molar-refractivity contribution >= 4 is 50.4 Å². The predicted octanol–water partition coefficient (Wildman–Crippen LogP) is 4.62. The number of hydrogen-bond acceptors (Lipinski definition) is 3. The van der Waals surface area contributed by atoms with Gasteiger partial charge in [0, 0.05) is 11.4 Å². The molecule has 2 atom stereocenters. The van der Waals surface area contributed by atoms with Crippen molar-refractivity contribution in [1.82, 2.24) is 0 Å². The maximum absolute atomic E-state index is 13.2. The second-order valence-corrected chi connectivity index (χ2v) is 9.85. The number of halogens is 5. The van der Waals surface area contributed by atoms with E-state index in [-0.39, 0.29) is 27.2 Å². The summed E-state index contributed by atoms with van der Waals surface area (Å²) >= 11 is 12.0. The molecule has 2 amide bonds. The number of benzene rings is 2. The molecule has 2 fully saturated rings. The fourth-order valence-electron chi connectivity index (χ4n) is 3.77. The molecule has 29 heavy (non-hydrogen) atoms. The van der Waals surface area contributed by atoms with E-state index in [9.17, 15) is 26.4 Å². The van der Waals surface area contributed by atoms with Gasteiger partial charge in [0.05, 0.1) is 39.2 Å². The first-order chi connectivity index (χ1) is 13.5. The Balaban J connectivity index is 1.81. The average molecular weight is 465 g/mol. The Morgan fingerprint density at radius 2 is 1.48 bits per heavy atom. The summed E-state index contributed by atoms with van der Waals surface area (Å²) in [6, 6.07) is 6.51. The first-order valence-corrected chi connectivity index (χ1v) is 11.0. The van der Waals surface area contributed by atoms with Crippen LogP contribution in [0.5, 0.6) is 0 Å². The number of nitrogens with zero attached hydrogens (tertiary/aromatic N) is 2. The summed E-state index contributed by atoms with van der Waals surface area (Å²) in [6.45, 7) is 0. The summed E-state index contributed by atoms with van der Waals surface area (Å²) in [5, 5.41) is 0.430. The van der Waals surface area contributed by atoms with Gasteiger partial charge < -0.3 is 0 Å². The molecule has 2 heterocycles. The van der Waals surface area contributed by atoms with Gasteiger partial charge in [0.25, 0.3) is 0 Å². The Morgan fingerprint density at radius 1 is 0.897 bits per heavy atom. The third kappa shape index (κ3) is 3.55. The number of urea groups is 1. The first kappa shape index (κ1) is 20.3. The van der Waals surface area contributed by atoms with Crippen LogP contribution in [-0.2, 0) is 16.0 Å². The highest BCUT2D eigenvalue weighted by molar-refractivity contribution is 7.91. The Morgan fingerprint density at radius 3 is 2.03 bits per heavy atom. The molecule has 2 aromatic rings. The fraction of sp³-hybridized carbons (Fsp3) is 0.278. The molecule has 0 N–H and O–H groups in total. The van der Waals surface area contributed by atoms with Crippen molar-refractivity contribution in [2.24, 2.45) is 0 Å².